The first-order chi connectivity index (χ1) is 10.9. The molecule has 1 fully saturated rings. The number of carbonyl (C=O) groups excluding carboxylic acids is 3. The van der Waals surface area contributed by atoms with Crippen LogP contribution in [0.1, 0.15) is 23.2 Å². The number of hydrogen-bond acceptors (Lipinski definition) is 5. The van der Waals surface area contributed by atoms with E-state index in [9.17, 15) is 14.4 Å². The summed E-state index contributed by atoms with van der Waals surface area (Å²) in [6, 6.07) is 4.38. The number of halogens is 1. The molecule has 7 nitrogen and oxygen atoms in total. The maximum atomic E-state index is 12.1. The van der Waals surface area contributed by atoms with Gasteiger partial charge in [-0.1, -0.05) is 11.6 Å². The predicted molar refractivity (Wildman–Crippen MR) is 84.6 cm³/mol. The van der Waals surface area contributed by atoms with E-state index < -0.39 is 18.5 Å². The van der Waals surface area contributed by atoms with Crippen molar-refractivity contribution in [3.05, 3.63) is 28.8 Å². The summed E-state index contributed by atoms with van der Waals surface area (Å²) in [6.07, 6.45) is 1.36. The van der Waals surface area contributed by atoms with E-state index in [1.165, 1.54) is 23.1 Å². The number of piperidine rings is 1. The summed E-state index contributed by atoms with van der Waals surface area (Å²) in [5, 5.41) is 0.404. The molecule has 1 aromatic rings. The fourth-order valence-electron chi connectivity index (χ4n) is 2.45. The quantitative estimate of drug-likeness (QED) is 0.622. The molecule has 1 aliphatic heterocycles. The van der Waals surface area contributed by atoms with E-state index in [1.807, 2.05) is 0 Å². The lowest BCUT2D eigenvalue weighted by atomic mass is 9.97. The van der Waals surface area contributed by atoms with E-state index in [2.05, 4.69) is 0 Å². The molecule has 1 heterocycles. The van der Waals surface area contributed by atoms with Gasteiger partial charge < -0.3 is 21.1 Å². The Bertz CT molecular complexity index is 635. The molecule has 0 spiro atoms. The number of carbonyl (C=O) groups is 3. The molecular weight excluding hydrogens is 322 g/mol. The number of nitrogen functional groups attached to an aromatic ring is 1. The van der Waals surface area contributed by atoms with Gasteiger partial charge in [-0.2, -0.15) is 0 Å². The van der Waals surface area contributed by atoms with E-state index in [0.29, 0.717) is 24.4 Å². The summed E-state index contributed by atoms with van der Waals surface area (Å²) in [5.74, 6) is -1.84. The number of nitrogens with two attached hydrogens (primary N) is 2. The van der Waals surface area contributed by atoms with Gasteiger partial charge in [0.15, 0.2) is 6.61 Å². The highest BCUT2D eigenvalue weighted by Gasteiger charge is 2.27. The first-order valence-electron chi connectivity index (χ1n) is 7.17. The molecule has 0 saturated carbocycles. The lowest BCUT2D eigenvalue weighted by molar-refractivity contribution is -0.137. The number of benzene rings is 1. The van der Waals surface area contributed by atoms with Gasteiger partial charge >= 0.3 is 5.97 Å². The first-order valence-corrected chi connectivity index (χ1v) is 7.55. The van der Waals surface area contributed by atoms with Gasteiger partial charge in [0.2, 0.25) is 5.91 Å². The van der Waals surface area contributed by atoms with Crippen LogP contribution >= 0.6 is 11.6 Å². The Labute approximate surface area is 138 Å². The molecule has 2 rings (SSSR count). The van der Waals surface area contributed by atoms with E-state index in [-0.39, 0.29) is 29.6 Å². The van der Waals surface area contributed by atoms with Crippen molar-refractivity contribution in [3.63, 3.8) is 0 Å². The highest BCUT2D eigenvalue weighted by molar-refractivity contribution is 6.31. The van der Waals surface area contributed by atoms with Crippen molar-refractivity contribution < 1.29 is 19.1 Å². The Kier molecular flexibility index (Phi) is 5.44. The van der Waals surface area contributed by atoms with Crippen LogP contribution in [0.5, 0.6) is 0 Å². The molecule has 23 heavy (non-hydrogen) atoms. The minimum absolute atomic E-state index is 0.149. The topological polar surface area (TPSA) is 116 Å². The number of amides is 2. The number of hydrogen-bond donors (Lipinski definition) is 2. The molecule has 0 aromatic heterocycles. The highest BCUT2D eigenvalue weighted by atomic mass is 35.5. The van der Waals surface area contributed by atoms with Crippen LogP contribution in [0.3, 0.4) is 0 Å². The average molecular weight is 340 g/mol. The van der Waals surface area contributed by atoms with Gasteiger partial charge in [-0.05, 0) is 31.0 Å². The van der Waals surface area contributed by atoms with Crippen molar-refractivity contribution >= 4 is 35.1 Å². The van der Waals surface area contributed by atoms with Crippen molar-refractivity contribution in [3.8, 4) is 0 Å². The van der Waals surface area contributed by atoms with E-state index in [0.717, 1.165) is 0 Å². The molecule has 2 amide bonds. The van der Waals surface area contributed by atoms with Crippen LogP contribution < -0.4 is 11.5 Å². The summed E-state index contributed by atoms with van der Waals surface area (Å²) in [6.45, 7) is 0.366. The Morgan fingerprint density at radius 2 is 2.09 bits per heavy atom. The number of esters is 1. The number of rotatable bonds is 4. The minimum atomic E-state index is -0.698. The molecule has 0 radical (unpaired) electrons. The molecule has 1 saturated heterocycles. The lowest BCUT2D eigenvalue weighted by Crippen LogP contribution is -2.45. The molecule has 0 bridgehead atoms. The fourth-order valence-corrected chi connectivity index (χ4v) is 2.63. The van der Waals surface area contributed by atoms with Crippen LogP contribution in [-0.2, 0) is 14.3 Å². The third kappa shape index (κ3) is 4.35. The predicted octanol–water partition coefficient (Wildman–Crippen LogP) is 0.803. The Morgan fingerprint density at radius 1 is 1.35 bits per heavy atom. The third-order valence-electron chi connectivity index (χ3n) is 3.74. The van der Waals surface area contributed by atoms with Crippen molar-refractivity contribution in [1.29, 1.82) is 0 Å². The third-order valence-corrected chi connectivity index (χ3v) is 3.97. The van der Waals surface area contributed by atoms with Gasteiger partial charge in [0.05, 0.1) is 11.5 Å². The zero-order valence-corrected chi connectivity index (χ0v) is 13.2. The van der Waals surface area contributed by atoms with Crippen molar-refractivity contribution in [2.45, 2.75) is 12.8 Å². The van der Waals surface area contributed by atoms with Crippen LogP contribution in [0.4, 0.5) is 5.69 Å². The zero-order chi connectivity index (χ0) is 17.0. The highest BCUT2D eigenvalue weighted by Crippen LogP contribution is 2.19. The van der Waals surface area contributed by atoms with Gasteiger partial charge in [-0.25, -0.2) is 4.79 Å². The molecule has 0 unspecified atom stereocenters. The van der Waals surface area contributed by atoms with Gasteiger partial charge in [-0.3, -0.25) is 9.59 Å². The Balaban J connectivity index is 1.91. The largest absolute Gasteiger partial charge is 0.452 e. The molecule has 124 valence electrons. The van der Waals surface area contributed by atoms with Crippen LogP contribution in [0.25, 0.3) is 0 Å². The van der Waals surface area contributed by atoms with Gasteiger partial charge in [-0.15, -0.1) is 0 Å². The summed E-state index contributed by atoms with van der Waals surface area (Å²) in [7, 11) is 0. The second-order valence-corrected chi connectivity index (χ2v) is 5.83. The average Bonchev–Trinajstić information content (AvgIpc) is 2.52. The number of likely N-dealkylation sites (tertiary alicyclic amines) is 1. The summed E-state index contributed by atoms with van der Waals surface area (Å²) < 4.78 is 4.99. The molecule has 4 N–H and O–H groups in total. The molecular formula is C15H18ClN3O4. The second kappa shape index (κ2) is 7.32. The smallest absolute Gasteiger partial charge is 0.340 e. The van der Waals surface area contributed by atoms with E-state index in [4.69, 9.17) is 27.8 Å². The number of anilines is 1. The molecule has 1 aliphatic rings. The molecule has 8 heteroatoms. The summed E-state index contributed by atoms with van der Waals surface area (Å²) >= 11 is 5.76. The lowest BCUT2D eigenvalue weighted by Gasteiger charge is -2.31. The maximum absolute atomic E-state index is 12.1. The molecule has 1 aromatic carbocycles. The summed E-state index contributed by atoms with van der Waals surface area (Å²) in [4.78, 5) is 36.7. The first kappa shape index (κ1) is 17.1. The van der Waals surface area contributed by atoms with Gasteiger partial charge in [0.1, 0.15) is 0 Å². The Hall–Kier alpha value is -2.28. The van der Waals surface area contributed by atoms with Crippen LogP contribution in [-0.4, -0.2) is 42.4 Å². The zero-order valence-electron chi connectivity index (χ0n) is 12.5. The Morgan fingerprint density at radius 3 is 2.74 bits per heavy atom. The fraction of sp³-hybridized carbons (Fsp3) is 0.400. The SMILES string of the molecule is NC(=O)[C@@H]1CCCN(C(=O)COC(=O)c2ccc(Cl)cc2N)C1. The summed E-state index contributed by atoms with van der Waals surface area (Å²) in [5.41, 5.74) is 11.3. The molecule has 0 aliphatic carbocycles. The molecule has 1 atom stereocenters. The van der Waals surface area contributed by atoms with Crippen molar-refractivity contribution in [2.24, 2.45) is 11.7 Å². The maximum Gasteiger partial charge on any atom is 0.340 e. The van der Waals surface area contributed by atoms with Crippen molar-refractivity contribution in [1.82, 2.24) is 4.90 Å². The standard InChI is InChI=1S/C15H18ClN3O4/c16-10-3-4-11(12(17)6-10)15(22)23-8-13(20)19-5-1-2-9(7-19)14(18)21/h3-4,6,9H,1-2,5,7-8,17H2,(H2,18,21)/t9-/m1/s1. The van der Waals surface area contributed by atoms with Crippen LogP contribution in [0.2, 0.25) is 5.02 Å². The van der Waals surface area contributed by atoms with Crippen LogP contribution in [0, 0.1) is 5.92 Å². The van der Waals surface area contributed by atoms with E-state index >= 15 is 0 Å². The number of nitrogens with zero attached hydrogens (tertiary/aromatic N) is 1. The monoisotopic (exact) mass is 339 g/mol. The number of primary amides is 1. The van der Waals surface area contributed by atoms with Gasteiger partial charge in [0, 0.05) is 23.8 Å². The minimum Gasteiger partial charge on any atom is -0.452 e. The second-order valence-electron chi connectivity index (χ2n) is 5.39. The number of ether oxygens (including phenoxy) is 1. The van der Waals surface area contributed by atoms with E-state index in [1.54, 1.807) is 0 Å². The van der Waals surface area contributed by atoms with Crippen LogP contribution in [0.15, 0.2) is 18.2 Å². The van der Waals surface area contributed by atoms with Crippen molar-refractivity contribution in [2.75, 3.05) is 25.4 Å². The normalized spacial score (nSPS) is 17.6. The van der Waals surface area contributed by atoms with Gasteiger partial charge in [0.25, 0.3) is 5.91 Å².